The molecule has 27 heavy (non-hydrogen) atoms. The molecule has 0 fully saturated rings. The molecule has 0 unspecified atom stereocenters. The minimum Gasteiger partial charge on any atom is -0.382 e. The van der Waals surface area contributed by atoms with Crippen molar-refractivity contribution < 1.29 is 17.9 Å². The molecule has 0 atom stereocenters. The molecule has 0 aliphatic rings. The van der Waals surface area contributed by atoms with E-state index in [0.717, 1.165) is 0 Å². The van der Waals surface area contributed by atoms with Crippen LogP contribution in [0.15, 0.2) is 47.4 Å². The minimum atomic E-state index is -3.61. The smallest absolute Gasteiger partial charge is 0.255 e. The molecule has 0 saturated carbocycles. The van der Waals surface area contributed by atoms with Gasteiger partial charge < -0.3 is 10.1 Å². The molecule has 0 aliphatic heterocycles. The highest BCUT2D eigenvalue weighted by molar-refractivity contribution is 7.89. The van der Waals surface area contributed by atoms with Gasteiger partial charge in [-0.3, -0.25) is 4.79 Å². The fraction of sp³-hybridized carbons (Fsp3) is 0.316. The summed E-state index contributed by atoms with van der Waals surface area (Å²) in [6, 6.07) is 11.1. The SMILES string of the molecule is CCOCCCNS(=O)(=O)c1ccc(NC(=O)c2ccc(Cl)cc2)c(C)c1. The van der Waals surface area contributed by atoms with Crippen molar-refractivity contribution >= 4 is 33.2 Å². The average molecular weight is 411 g/mol. The Morgan fingerprint density at radius 1 is 1.15 bits per heavy atom. The van der Waals surface area contributed by atoms with Crippen LogP contribution in [0.3, 0.4) is 0 Å². The maximum Gasteiger partial charge on any atom is 0.255 e. The Morgan fingerprint density at radius 3 is 2.48 bits per heavy atom. The summed E-state index contributed by atoms with van der Waals surface area (Å²) >= 11 is 5.82. The summed E-state index contributed by atoms with van der Waals surface area (Å²) in [5, 5.41) is 3.32. The molecule has 1 amide bonds. The second-order valence-electron chi connectivity index (χ2n) is 5.89. The summed E-state index contributed by atoms with van der Waals surface area (Å²) in [4.78, 5) is 12.4. The fourth-order valence-corrected chi connectivity index (χ4v) is 3.63. The number of benzene rings is 2. The van der Waals surface area contributed by atoms with Crippen molar-refractivity contribution in [3.63, 3.8) is 0 Å². The van der Waals surface area contributed by atoms with Crippen molar-refractivity contribution in [1.29, 1.82) is 0 Å². The maximum absolute atomic E-state index is 12.4. The van der Waals surface area contributed by atoms with Crippen LogP contribution in [-0.4, -0.2) is 34.1 Å². The van der Waals surface area contributed by atoms with Gasteiger partial charge in [0.25, 0.3) is 5.91 Å². The molecular weight excluding hydrogens is 388 g/mol. The van der Waals surface area contributed by atoms with Gasteiger partial charge in [0.15, 0.2) is 0 Å². The first-order chi connectivity index (χ1) is 12.8. The van der Waals surface area contributed by atoms with Crippen molar-refractivity contribution in [1.82, 2.24) is 4.72 Å². The number of amides is 1. The largest absolute Gasteiger partial charge is 0.382 e. The lowest BCUT2D eigenvalue weighted by Gasteiger charge is -2.12. The number of nitrogens with one attached hydrogen (secondary N) is 2. The molecule has 2 N–H and O–H groups in total. The quantitative estimate of drug-likeness (QED) is 0.618. The molecule has 2 aromatic carbocycles. The molecule has 0 saturated heterocycles. The molecule has 0 aromatic heterocycles. The Morgan fingerprint density at radius 2 is 1.85 bits per heavy atom. The first kappa shape index (κ1) is 21.4. The lowest BCUT2D eigenvalue weighted by atomic mass is 10.1. The van der Waals surface area contributed by atoms with E-state index in [9.17, 15) is 13.2 Å². The van der Waals surface area contributed by atoms with Crippen molar-refractivity contribution in [2.45, 2.75) is 25.2 Å². The van der Waals surface area contributed by atoms with Crippen LogP contribution in [0.1, 0.15) is 29.3 Å². The molecule has 6 nitrogen and oxygen atoms in total. The van der Waals surface area contributed by atoms with Gasteiger partial charge >= 0.3 is 0 Å². The fourth-order valence-electron chi connectivity index (χ4n) is 2.35. The van der Waals surface area contributed by atoms with Crippen LogP contribution < -0.4 is 10.0 Å². The Hall–Kier alpha value is -1.93. The van der Waals surface area contributed by atoms with Crippen molar-refractivity contribution in [2.75, 3.05) is 25.1 Å². The molecule has 8 heteroatoms. The van der Waals surface area contributed by atoms with E-state index in [1.807, 2.05) is 6.92 Å². The molecule has 0 spiro atoms. The number of hydrogen-bond acceptors (Lipinski definition) is 4. The molecule has 0 heterocycles. The summed E-state index contributed by atoms with van der Waals surface area (Å²) in [6.07, 6.45) is 0.598. The minimum absolute atomic E-state index is 0.154. The van der Waals surface area contributed by atoms with E-state index in [0.29, 0.717) is 48.0 Å². The van der Waals surface area contributed by atoms with E-state index >= 15 is 0 Å². The van der Waals surface area contributed by atoms with Gasteiger partial charge in [-0.2, -0.15) is 0 Å². The number of ether oxygens (including phenoxy) is 1. The van der Waals surface area contributed by atoms with Crippen LogP contribution in [0, 0.1) is 6.92 Å². The van der Waals surface area contributed by atoms with Crippen LogP contribution in [-0.2, 0) is 14.8 Å². The molecule has 146 valence electrons. The molecule has 2 rings (SSSR count). The standard InChI is InChI=1S/C19H23ClN2O4S/c1-3-26-12-4-11-21-27(24,25)17-9-10-18(14(2)13-17)22-19(23)15-5-7-16(20)8-6-15/h5-10,13,21H,3-4,11-12H2,1-2H3,(H,22,23). The number of anilines is 1. The number of carbonyl (C=O) groups excluding carboxylic acids is 1. The number of halogens is 1. The predicted molar refractivity (Wildman–Crippen MR) is 107 cm³/mol. The lowest BCUT2D eigenvalue weighted by molar-refractivity contribution is 0.102. The van der Waals surface area contributed by atoms with Gasteiger partial charge in [-0.25, -0.2) is 13.1 Å². The summed E-state index contributed by atoms with van der Waals surface area (Å²) in [7, 11) is -3.61. The van der Waals surface area contributed by atoms with Gasteiger partial charge in [0.2, 0.25) is 10.0 Å². The third-order valence-corrected chi connectivity index (χ3v) is 5.54. The van der Waals surface area contributed by atoms with Crippen LogP contribution in [0.5, 0.6) is 0 Å². The first-order valence-electron chi connectivity index (χ1n) is 8.58. The van der Waals surface area contributed by atoms with E-state index in [1.54, 1.807) is 37.3 Å². The number of aryl methyl sites for hydroxylation is 1. The number of rotatable bonds is 9. The highest BCUT2D eigenvalue weighted by Gasteiger charge is 2.15. The Bertz CT molecular complexity index is 883. The van der Waals surface area contributed by atoms with Crippen molar-refractivity contribution in [2.24, 2.45) is 0 Å². The van der Waals surface area contributed by atoms with Gasteiger partial charge in [-0.1, -0.05) is 11.6 Å². The predicted octanol–water partition coefficient (Wildman–Crippen LogP) is 3.61. The number of hydrogen-bond donors (Lipinski definition) is 2. The van der Waals surface area contributed by atoms with Crippen LogP contribution >= 0.6 is 11.6 Å². The second-order valence-corrected chi connectivity index (χ2v) is 8.09. The Kier molecular flexibility index (Phi) is 7.79. The normalized spacial score (nSPS) is 11.4. The summed E-state index contributed by atoms with van der Waals surface area (Å²) < 4.78 is 32.4. The van der Waals surface area contributed by atoms with Crippen LogP contribution in [0.2, 0.25) is 5.02 Å². The summed E-state index contributed by atoms with van der Waals surface area (Å²) in [6.45, 7) is 5.05. The molecule has 0 bridgehead atoms. The van der Waals surface area contributed by atoms with Gasteiger partial charge in [0, 0.05) is 36.0 Å². The Labute approximate surface area is 164 Å². The Balaban J connectivity index is 2.03. The summed E-state index contributed by atoms with van der Waals surface area (Å²) in [5.41, 5.74) is 1.66. The van der Waals surface area contributed by atoms with E-state index in [2.05, 4.69) is 10.0 Å². The highest BCUT2D eigenvalue weighted by atomic mass is 35.5. The van der Waals surface area contributed by atoms with E-state index in [4.69, 9.17) is 16.3 Å². The molecule has 0 radical (unpaired) electrons. The average Bonchev–Trinajstić information content (AvgIpc) is 2.63. The third kappa shape index (κ3) is 6.32. The number of carbonyl (C=O) groups is 1. The molecular formula is C19H23ClN2O4S. The van der Waals surface area contributed by atoms with Gasteiger partial charge in [-0.15, -0.1) is 0 Å². The monoisotopic (exact) mass is 410 g/mol. The van der Waals surface area contributed by atoms with E-state index in [-0.39, 0.29) is 10.8 Å². The van der Waals surface area contributed by atoms with Gasteiger partial charge in [0.05, 0.1) is 4.90 Å². The van der Waals surface area contributed by atoms with Crippen LogP contribution in [0.25, 0.3) is 0 Å². The first-order valence-corrected chi connectivity index (χ1v) is 10.4. The zero-order chi connectivity index (χ0) is 19.9. The number of sulfonamides is 1. The highest BCUT2D eigenvalue weighted by Crippen LogP contribution is 2.21. The van der Waals surface area contributed by atoms with Gasteiger partial charge in [-0.05, 0) is 68.3 Å². The van der Waals surface area contributed by atoms with Crippen molar-refractivity contribution in [3.05, 3.63) is 58.6 Å². The second kappa shape index (κ2) is 9.85. The third-order valence-electron chi connectivity index (χ3n) is 3.82. The zero-order valence-corrected chi connectivity index (χ0v) is 16.9. The van der Waals surface area contributed by atoms with E-state index < -0.39 is 10.0 Å². The van der Waals surface area contributed by atoms with E-state index in [1.165, 1.54) is 12.1 Å². The zero-order valence-electron chi connectivity index (χ0n) is 15.3. The lowest BCUT2D eigenvalue weighted by Crippen LogP contribution is -2.25. The van der Waals surface area contributed by atoms with Crippen molar-refractivity contribution in [3.8, 4) is 0 Å². The maximum atomic E-state index is 12.4. The summed E-state index contributed by atoms with van der Waals surface area (Å²) in [5.74, 6) is -0.292. The topological polar surface area (TPSA) is 84.5 Å². The molecule has 0 aliphatic carbocycles. The molecule has 2 aromatic rings. The van der Waals surface area contributed by atoms with Crippen LogP contribution in [0.4, 0.5) is 5.69 Å². The van der Waals surface area contributed by atoms with Gasteiger partial charge in [0.1, 0.15) is 0 Å².